The van der Waals surface area contributed by atoms with Gasteiger partial charge in [0.2, 0.25) is 5.91 Å². The van der Waals surface area contributed by atoms with Crippen LogP contribution < -0.4 is 11.1 Å². The lowest BCUT2D eigenvalue weighted by atomic mass is 10.0. The van der Waals surface area contributed by atoms with Gasteiger partial charge in [-0.1, -0.05) is 37.7 Å². The average Bonchev–Trinajstić information content (AvgIpc) is 2.38. The second kappa shape index (κ2) is 7.33. The quantitative estimate of drug-likeness (QED) is 0.793. The normalized spacial score (nSPS) is 13.6. The zero-order valence-electron chi connectivity index (χ0n) is 12.1. The molecule has 1 aromatic carbocycles. The Kier molecular flexibility index (Phi) is 6.07. The summed E-state index contributed by atoms with van der Waals surface area (Å²) >= 11 is 4.92. The Hall–Kier alpha value is -1.49. The Morgan fingerprint density at radius 2 is 2.15 bits per heavy atom. The average molecular weight is 296 g/mol. The molecule has 5 heteroatoms. The van der Waals surface area contributed by atoms with Crippen LogP contribution in [-0.4, -0.2) is 10.9 Å². The number of hydrogen-bond donors (Lipinski definition) is 2. The lowest BCUT2D eigenvalue weighted by molar-refractivity contribution is -0.123. The Morgan fingerprint density at radius 1 is 1.50 bits per heavy atom. The third-order valence-corrected chi connectivity index (χ3v) is 3.58. The maximum Gasteiger partial charge on any atom is 0.230 e. The Balaban J connectivity index is 2.78. The molecule has 0 fully saturated rings. The van der Waals surface area contributed by atoms with Crippen LogP contribution in [0.5, 0.6) is 0 Å². The lowest BCUT2D eigenvalue weighted by Gasteiger charge is -2.19. The molecule has 20 heavy (non-hydrogen) atoms. The van der Waals surface area contributed by atoms with Gasteiger partial charge in [-0.15, -0.1) is 0 Å². The van der Waals surface area contributed by atoms with Gasteiger partial charge in [0, 0.05) is 0 Å². The van der Waals surface area contributed by atoms with Gasteiger partial charge in [-0.2, -0.15) is 0 Å². The van der Waals surface area contributed by atoms with Crippen LogP contribution in [0.1, 0.15) is 43.9 Å². The van der Waals surface area contributed by atoms with Gasteiger partial charge < -0.3 is 11.1 Å². The largest absolute Gasteiger partial charge is 0.393 e. The second-order valence-electron chi connectivity index (χ2n) is 4.98. The number of carbonyl (C=O) groups is 1. The van der Waals surface area contributed by atoms with E-state index in [2.05, 4.69) is 5.32 Å². The van der Waals surface area contributed by atoms with E-state index in [4.69, 9.17) is 18.0 Å². The molecule has 0 aliphatic rings. The molecule has 0 saturated carbocycles. The van der Waals surface area contributed by atoms with Crippen LogP contribution in [0, 0.1) is 18.7 Å². The first-order valence-corrected chi connectivity index (χ1v) is 7.13. The van der Waals surface area contributed by atoms with E-state index in [1.807, 2.05) is 13.8 Å². The Morgan fingerprint density at radius 3 is 2.65 bits per heavy atom. The maximum absolute atomic E-state index is 13.5. The molecule has 0 heterocycles. The topological polar surface area (TPSA) is 55.1 Å². The molecule has 3 nitrogen and oxygen atoms in total. The number of nitrogens with one attached hydrogen (secondary N) is 1. The van der Waals surface area contributed by atoms with Gasteiger partial charge >= 0.3 is 0 Å². The number of amides is 1. The van der Waals surface area contributed by atoms with Crippen LogP contribution in [0.15, 0.2) is 18.2 Å². The van der Waals surface area contributed by atoms with Crippen molar-refractivity contribution in [1.29, 1.82) is 0 Å². The summed E-state index contributed by atoms with van der Waals surface area (Å²) < 4.78 is 13.5. The van der Waals surface area contributed by atoms with Crippen molar-refractivity contribution in [1.82, 2.24) is 5.32 Å². The third kappa shape index (κ3) is 4.27. The first-order chi connectivity index (χ1) is 9.36. The van der Waals surface area contributed by atoms with Crippen molar-refractivity contribution in [3.05, 3.63) is 35.1 Å². The monoisotopic (exact) mass is 296 g/mol. The smallest absolute Gasteiger partial charge is 0.230 e. The van der Waals surface area contributed by atoms with Crippen molar-refractivity contribution < 1.29 is 9.18 Å². The van der Waals surface area contributed by atoms with Gasteiger partial charge in [0.15, 0.2) is 0 Å². The van der Waals surface area contributed by atoms with E-state index in [1.165, 1.54) is 6.07 Å². The summed E-state index contributed by atoms with van der Waals surface area (Å²) in [6.45, 7) is 5.48. The summed E-state index contributed by atoms with van der Waals surface area (Å²) in [6, 6.07) is 4.66. The number of hydrogen-bond acceptors (Lipinski definition) is 2. The van der Waals surface area contributed by atoms with Crippen molar-refractivity contribution in [3.8, 4) is 0 Å². The van der Waals surface area contributed by atoms with E-state index in [9.17, 15) is 9.18 Å². The standard InChI is InChI=1S/C15H21FN2OS/c1-4-5-12(14(17)20)15(19)18-10(3)11-7-6-9(2)13(16)8-11/h6-8,10,12H,4-5H2,1-3H3,(H2,17,20)(H,18,19). The highest BCUT2D eigenvalue weighted by Gasteiger charge is 2.22. The zero-order chi connectivity index (χ0) is 15.3. The molecule has 0 aliphatic heterocycles. The summed E-state index contributed by atoms with van der Waals surface area (Å²) in [6.07, 6.45) is 1.44. The van der Waals surface area contributed by atoms with E-state index in [-0.39, 0.29) is 22.8 Å². The summed E-state index contributed by atoms with van der Waals surface area (Å²) in [4.78, 5) is 12.3. The molecule has 110 valence electrons. The summed E-state index contributed by atoms with van der Waals surface area (Å²) in [7, 11) is 0. The summed E-state index contributed by atoms with van der Waals surface area (Å²) in [5.41, 5.74) is 6.90. The number of aryl methyl sites for hydroxylation is 1. The van der Waals surface area contributed by atoms with E-state index in [0.717, 1.165) is 12.0 Å². The number of carbonyl (C=O) groups excluding carboxylic acids is 1. The van der Waals surface area contributed by atoms with Crippen LogP contribution in [0.3, 0.4) is 0 Å². The number of nitrogens with two attached hydrogens (primary N) is 1. The Bertz CT molecular complexity index is 505. The van der Waals surface area contributed by atoms with Crippen LogP contribution in [0.2, 0.25) is 0 Å². The molecule has 1 aromatic rings. The summed E-state index contributed by atoms with van der Waals surface area (Å²) in [5.74, 6) is -0.941. The highest BCUT2D eigenvalue weighted by atomic mass is 32.1. The van der Waals surface area contributed by atoms with E-state index >= 15 is 0 Å². The molecule has 0 radical (unpaired) electrons. The fourth-order valence-electron chi connectivity index (χ4n) is 1.97. The lowest BCUT2D eigenvalue weighted by Crippen LogP contribution is -2.39. The number of thiocarbonyl (C=S) groups is 1. The van der Waals surface area contributed by atoms with E-state index in [1.54, 1.807) is 19.1 Å². The maximum atomic E-state index is 13.5. The minimum absolute atomic E-state index is 0.201. The SMILES string of the molecule is CCCC(C(=O)NC(C)c1ccc(C)c(F)c1)C(N)=S. The Labute approximate surface area is 124 Å². The molecular formula is C15H21FN2OS. The van der Waals surface area contributed by atoms with Crippen molar-refractivity contribution in [2.75, 3.05) is 0 Å². The van der Waals surface area contributed by atoms with Crippen molar-refractivity contribution in [2.45, 2.75) is 39.7 Å². The highest BCUT2D eigenvalue weighted by molar-refractivity contribution is 7.80. The number of halogens is 1. The summed E-state index contributed by atoms with van der Waals surface area (Å²) in [5, 5.41) is 2.84. The number of benzene rings is 1. The van der Waals surface area contributed by atoms with E-state index in [0.29, 0.717) is 12.0 Å². The van der Waals surface area contributed by atoms with E-state index < -0.39 is 5.92 Å². The van der Waals surface area contributed by atoms with Gasteiger partial charge in [0.25, 0.3) is 0 Å². The predicted molar refractivity (Wildman–Crippen MR) is 82.9 cm³/mol. The molecule has 3 N–H and O–H groups in total. The molecule has 2 atom stereocenters. The van der Waals surface area contributed by atoms with Crippen LogP contribution >= 0.6 is 12.2 Å². The second-order valence-corrected chi connectivity index (χ2v) is 5.45. The van der Waals surface area contributed by atoms with Crippen molar-refractivity contribution in [2.24, 2.45) is 11.7 Å². The third-order valence-electron chi connectivity index (χ3n) is 3.29. The van der Waals surface area contributed by atoms with Gasteiger partial charge in [-0.3, -0.25) is 4.79 Å². The molecular weight excluding hydrogens is 275 g/mol. The fourth-order valence-corrected chi connectivity index (χ4v) is 2.19. The van der Waals surface area contributed by atoms with Crippen molar-refractivity contribution >= 4 is 23.1 Å². The van der Waals surface area contributed by atoms with Gasteiger partial charge in [0.1, 0.15) is 5.82 Å². The van der Waals surface area contributed by atoms with Crippen LogP contribution in [0.4, 0.5) is 4.39 Å². The molecule has 1 amide bonds. The van der Waals surface area contributed by atoms with Gasteiger partial charge in [-0.05, 0) is 37.5 Å². The minimum atomic E-state index is -0.465. The minimum Gasteiger partial charge on any atom is -0.393 e. The first kappa shape index (κ1) is 16.6. The first-order valence-electron chi connectivity index (χ1n) is 6.72. The molecule has 2 unspecified atom stereocenters. The molecule has 0 aliphatic carbocycles. The van der Waals surface area contributed by atoms with Gasteiger partial charge in [-0.25, -0.2) is 4.39 Å². The van der Waals surface area contributed by atoms with Crippen LogP contribution in [0.25, 0.3) is 0 Å². The fraction of sp³-hybridized carbons (Fsp3) is 0.467. The van der Waals surface area contributed by atoms with Crippen LogP contribution in [-0.2, 0) is 4.79 Å². The predicted octanol–water partition coefficient (Wildman–Crippen LogP) is 3.01. The molecule has 0 spiro atoms. The molecule has 0 bridgehead atoms. The molecule has 0 saturated heterocycles. The highest BCUT2D eigenvalue weighted by Crippen LogP contribution is 2.17. The zero-order valence-corrected chi connectivity index (χ0v) is 12.9. The van der Waals surface area contributed by atoms with Crippen molar-refractivity contribution in [3.63, 3.8) is 0 Å². The number of rotatable bonds is 6. The molecule has 1 rings (SSSR count). The molecule has 0 aromatic heterocycles. The van der Waals surface area contributed by atoms with Gasteiger partial charge in [0.05, 0.1) is 16.9 Å².